The molecule has 0 aromatic heterocycles. The van der Waals surface area contributed by atoms with Gasteiger partial charge in [-0.25, -0.2) is 5.43 Å². The third-order valence-electron chi connectivity index (χ3n) is 2.42. The minimum Gasteiger partial charge on any atom is -0.484 e. The van der Waals surface area contributed by atoms with Gasteiger partial charge in [-0.1, -0.05) is 41.4 Å². The Balaban J connectivity index is 1.80. The van der Waals surface area contributed by atoms with Crippen molar-refractivity contribution >= 4 is 35.3 Å². The van der Waals surface area contributed by atoms with E-state index < -0.39 is 0 Å². The van der Waals surface area contributed by atoms with Crippen molar-refractivity contribution in [3.05, 3.63) is 64.1 Å². The highest BCUT2D eigenvalue weighted by Gasteiger charge is 2.01. The number of ether oxygens (including phenoxy) is 1. The molecular formula is C15H12Cl2N2O2. The smallest absolute Gasteiger partial charge is 0.277 e. The topological polar surface area (TPSA) is 50.7 Å². The minimum absolute atomic E-state index is 0.146. The number of hydrogen-bond donors (Lipinski definition) is 1. The summed E-state index contributed by atoms with van der Waals surface area (Å²) in [4.78, 5) is 11.5. The van der Waals surface area contributed by atoms with Crippen LogP contribution < -0.4 is 10.2 Å². The van der Waals surface area contributed by atoms with Crippen LogP contribution in [0.5, 0.6) is 5.75 Å². The van der Waals surface area contributed by atoms with Crippen molar-refractivity contribution in [3.63, 3.8) is 0 Å². The summed E-state index contributed by atoms with van der Waals surface area (Å²) in [6, 6.07) is 13.9. The predicted octanol–water partition coefficient (Wildman–Crippen LogP) is 3.52. The van der Waals surface area contributed by atoms with E-state index in [-0.39, 0.29) is 12.5 Å². The highest BCUT2D eigenvalue weighted by Crippen LogP contribution is 2.16. The third-order valence-corrected chi connectivity index (χ3v) is 2.89. The largest absolute Gasteiger partial charge is 0.484 e. The molecule has 0 atom stereocenters. The number of carbonyl (C=O) groups excluding carboxylic acids is 1. The summed E-state index contributed by atoms with van der Waals surface area (Å²) in [5, 5.41) is 4.98. The molecule has 1 N–H and O–H groups in total. The van der Waals surface area contributed by atoms with E-state index in [2.05, 4.69) is 10.5 Å². The highest BCUT2D eigenvalue weighted by molar-refractivity contribution is 6.31. The first kappa shape index (κ1) is 15.4. The van der Waals surface area contributed by atoms with Crippen LogP contribution in [-0.4, -0.2) is 18.7 Å². The Morgan fingerprint density at radius 3 is 2.57 bits per heavy atom. The van der Waals surface area contributed by atoms with E-state index in [1.165, 1.54) is 6.21 Å². The van der Waals surface area contributed by atoms with Crippen LogP contribution >= 0.6 is 23.2 Å². The molecule has 0 spiro atoms. The second kappa shape index (κ2) is 7.67. The zero-order chi connectivity index (χ0) is 15.1. The van der Waals surface area contributed by atoms with E-state index in [0.29, 0.717) is 15.8 Å². The normalized spacial score (nSPS) is 10.6. The molecule has 0 bridgehead atoms. The maximum absolute atomic E-state index is 11.5. The molecule has 2 rings (SSSR count). The standard InChI is InChI=1S/C15H12Cl2N2O2/c16-12-4-1-3-11(7-12)9-18-19-15(20)10-21-14-6-2-5-13(17)8-14/h1-9H,10H2,(H,19,20)/b18-9+. The zero-order valence-electron chi connectivity index (χ0n) is 10.9. The van der Waals surface area contributed by atoms with E-state index >= 15 is 0 Å². The van der Waals surface area contributed by atoms with Crippen LogP contribution in [0.2, 0.25) is 10.0 Å². The number of hydrazone groups is 1. The molecule has 1 amide bonds. The molecule has 0 aliphatic rings. The number of nitrogens with zero attached hydrogens (tertiary/aromatic N) is 1. The second-order valence-electron chi connectivity index (χ2n) is 4.09. The number of carbonyl (C=O) groups is 1. The lowest BCUT2D eigenvalue weighted by atomic mass is 10.2. The predicted molar refractivity (Wildman–Crippen MR) is 84.1 cm³/mol. The van der Waals surface area contributed by atoms with Crippen molar-refractivity contribution in [1.29, 1.82) is 0 Å². The van der Waals surface area contributed by atoms with Gasteiger partial charge in [-0.2, -0.15) is 5.10 Å². The van der Waals surface area contributed by atoms with Gasteiger partial charge in [0.25, 0.3) is 5.91 Å². The van der Waals surface area contributed by atoms with Gasteiger partial charge in [0.1, 0.15) is 5.75 Å². The molecule has 0 saturated heterocycles. The first-order chi connectivity index (χ1) is 10.1. The molecule has 0 fully saturated rings. The van der Waals surface area contributed by atoms with Gasteiger partial charge in [-0.15, -0.1) is 0 Å². The van der Waals surface area contributed by atoms with Crippen molar-refractivity contribution in [2.75, 3.05) is 6.61 Å². The van der Waals surface area contributed by atoms with E-state index in [1.54, 1.807) is 42.5 Å². The zero-order valence-corrected chi connectivity index (χ0v) is 12.4. The van der Waals surface area contributed by atoms with Crippen LogP contribution in [0.15, 0.2) is 53.6 Å². The number of amides is 1. The average Bonchev–Trinajstić information content (AvgIpc) is 2.45. The van der Waals surface area contributed by atoms with Gasteiger partial charge in [-0.3, -0.25) is 4.79 Å². The molecule has 0 radical (unpaired) electrons. The molecule has 108 valence electrons. The Bertz CT molecular complexity index is 660. The molecule has 2 aromatic rings. The summed E-state index contributed by atoms with van der Waals surface area (Å²) < 4.78 is 5.28. The number of hydrogen-bond acceptors (Lipinski definition) is 3. The molecule has 4 nitrogen and oxygen atoms in total. The van der Waals surface area contributed by atoms with Gasteiger partial charge >= 0.3 is 0 Å². The third kappa shape index (κ3) is 5.45. The lowest BCUT2D eigenvalue weighted by Gasteiger charge is -2.04. The first-order valence-electron chi connectivity index (χ1n) is 6.09. The molecule has 2 aromatic carbocycles. The van der Waals surface area contributed by atoms with Crippen molar-refractivity contribution in [2.45, 2.75) is 0 Å². The maximum Gasteiger partial charge on any atom is 0.277 e. The van der Waals surface area contributed by atoms with Crippen molar-refractivity contribution < 1.29 is 9.53 Å². The van der Waals surface area contributed by atoms with Gasteiger partial charge in [-0.05, 0) is 35.9 Å². The molecule has 21 heavy (non-hydrogen) atoms. The quantitative estimate of drug-likeness (QED) is 0.676. The molecule has 0 aliphatic heterocycles. The number of halogens is 2. The molecular weight excluding hydrogens is 311 g/mol. The summed E-state index contributed by atoms with van der Waals surface area (Å²) in [5.41, 5.74) is 3.16. The summed E-state index contributed by atoms with van der Waals surface area (Å²) >= 11 is 11.6. The fourth-order valence-electron chi connectivity index (χ4n) is 1.50. The van der Waals surface area contributed by atoms with E-state index in [1.807, 2.05) is 6.07 Å². The van der Waals surface area contributed by atoms with Crippen LogP contribution in [0.1, 0.15) is 5.56 Å². The van der Waals surface area contributed by atoms with Gasteiger partial charge < -0.3 is 4.74 Å². The van der Waals surface area contributed by atoms with Gasteiger partial charge in [0, 0.05) is 10.0 Å². The van der Waals surface area contributed by atoms with Gasteiger partial charge in [0.15, 0.2) is 6.61 Å². The molecule has 0 aliphatic carbocycles. The maximum atomic E-state index is 11.5. The number of rotatable bonds is 5. The summed E-state index contributed by atoms with van der Waals surface area (Å²) in [5.74, 6) is 0.157. The lowest BCUT2D eigenvalue weighted by Crippen LogP contribution is -2.24. The molecule has 6 heteroatoms. The Morgan fingerprint density at radius 1 is 1.14 bits per heavy atom. The molecule has 0 saturated carbocycles. The monoisotopic (exact) mass is 322 g/mol. The Hall–Kier alpha value is -2.04. The fraction of sp³-hybridized carbons (Fsp3) is 0.0667. The Kier molecular flexibility index (Phi) is 5.60. The van der Waals surface area contributed by atoms with Crippen molar-refractivity contribution in [2.24, 2.45) is 5.10 Å². The van der Waals surface area contributed by atoms with Crippen LogP contribution in [-0.2, 0) is 4.79 Å². The minimum atomic E-state index is -0.367. The van der Waals surface area contributed by atoms with Crippen molar-refractivity contribution in [1.82, 2.24) is 5.43 Å². The van der Waals surface area contributed by atoms with E-state index in [4.69, 9.17) is 27.9 Å². The van der Waals surface area contributed by atoms with Crippen LogP contribution in [0, 0.1) is 0 Å². The molecule has 0 heterocycles. The van der Waals surface area contributed by atoms with Crippen molar-refractivity contribution in [3.8, 4) is 5.75 Å². The molecule has 0 unspecified atom stereocenters. The lowest BCUT2D eigenvalue weighted by molar-refractivity contribution is -0.123. The van der Waals surface area contributed by atoms with Crippen LogP contribution in [0.25, 0.3) is 0 Å². The van der Waals surface area contributed by atoms with Crippen LogP contribution in [0.3, 0.4) is 0 Å². The highest BCUT2D eigenvalue weighted by atomic mass is 35.5. The summed E-state index contributed by atoms with van der Waals surface area (Å²) in [7, 11) is 0. The number of nitrogens with one attached hydrogen (secondary N) is 1. The first-order valence-corrected chi connectivity index (χ1v) is 6.85. The fourth-order valence-corrected chi connectivity index (χ4v) is 1.88. The summed E-state index contributed by atoms with van der Waals surface area (Å²) in [6.07, 6.45) is 1.50. The number of benzene rings is 2. The van der Waals surface area contributed by atoms with Crippen LogP contribution in [0.4, 0.5) is 0 Å². The average molecular weight is 323 g/mol. The van der Waals surface area contributed by atoms with Gasteiger partial charge in [0.05, 0.1) is 6.21 Å². The van der Waals surface area contributed by atoms with E-state index in [0.717, 1.165) is 5.56 Å². The SMILES string of the molecule is O=C(COc1cccc(Cl)c1)N/N=C/c1cccc(Cl)c1. The van der Waals surface area contributed by atoms with Gasteiger partial charge in [0.2, 0.25) is 0 Å². The Morgan fingerprint density at radius 2 is 1.86 bits per heavy atom. The second-order valence-corrected chi connectivity index (χ2v) is 4.97. The Labute approximate surface area is 132 Å². The summed E-state index contributed by atoms with van der Waals surface area (Å²) in [6.45, 7) is -0.146. The van der Waals surface area contributed by atoms with E-state index in [9.17, 15) is 4.79 Å².